The first-order valence-corrected chi connectivity index (χ1v) is 11.7. The summed E-state index contributed by atoms with van der Waals surface area (Å²) in [6.45, 7) is 6.65. The summed E-state index contributed by atoms with van der Waals surface area (Å²) in [5.41, 5.74) is 10.8. The highest BCUT2D eigenvalue weighted by Gasteiger charge is 2.34. The molecule has 10 heteroatoms. The molecule has 0 unspecified atom stereocenters. The Morgan fingerprint density at radius 3 is 2.56 bits per heavy atom. The van der Waals surface area contributed by atoms with Gasteiger partial charge in [0, 0.05) is 38.5 Å². The zero-order chi connectivity index (χ0) is 25.1. The van der Waals surface area contributed by atoms with Crippen molar-refractivity contribution in [3.63, 3.8) is 0 Å². The monoisotopic (exact) mass is 474 g/mol. The van der Waals surface area contributed by atoms with Crippen molar-refractivity contribution in [2.75, 3.05) is 19.6 Å². The lowest BCUT2D eigenvalue weighted by molar-refractivity contribution is -0.134. The molecule has 2 atom stereocenters. The highest BCUT2D eigenvalue weighted by molar-refractivity contribution is 5.86. The topological polar surface area (TPSA) is 152 Å². The Morgan fingerprint density at radius 2 is 1.91 bits per heavy atom. The third-order valence-electron chi connectivity index (χ3n) is 5.32. The van der Waals surface area contributed by atoms with Crippen LogP contribution in [0.2, 0.25) is 0 Å². The molecule has 6 N–H and O–H groups in total. The van der Waals surface area contributed by atoms with E-state index in [0.29, 0.717) is 38.9 Å². The molecule has 10 nitrogen and oxygen atoms in total. The SMILES string of the molecule is CC(C)(C)OC(=O)N[C@H](Cc1ccccc1)C(=O)N1CCC[C@H]1CNC(=O)CCCN=C(N)N. The van der Waals surface area contributed by atoms with E-state index in [0.717, 1.165) is 18.4 Å². The predicted molar refractivity (Wildman–Crippen MR) is 131 cm³/mol. The zero-order valence-corrected chi connectivity index (χ0v) is 20.4. The Morgan fingerprint density at radius 1 is 1.21 bits per heavy atom. The summed E-state index contributed by atoms with van der Waals surface area (Å²) in [5, 5.41) is 5.66. The van der Waals surface area contributed by atoms with Crippen molar-refractivity contribution in [2.24, 2.45) is 16.5 Å². The van der Waals surface area contributed by atoms with Crippen LogP contribution in [-0.2, 0) is 20.7 Å². The molecule has 34 heavy (non-hydrogen) atoms. The Bertz CT molecular complexity index is 849. The molecule has 1 fully saturated rings. The molecule has 1 aromatic rings. The van der Waals surface area contributed by atoms with Crippen molar-refractivity contribution in [1.82, 2.24) is 15.5 Å². The number of alkyl carbamates (subject to hydrolysis) is 1. The molecule has 2 rings (SSSR count). The summed E-state index contributed by atoms with van der Waals surface area (Å²) in [5.74, 6) is -0.289. The maximum absolute atomic E-state index is 13.5. The third kappa shape index (κ3) is 9.68. The van der Waals surface area contributed by atoms with Gasteiger partial charge in [0.15, 0.2) is 5.96 Å². The fourth-order valence-corrected chi connectivity index (χ4v) is 3.81. The van der Waals surface area contributed by atoms with Crippen LogP contribution in [0.25, 0.3) is 0 Å². The fourth-order valence-electron chi connectivity index (χ4n) is 3.81. The van der Waals surface area contributed by atoms with E-state index in [1.807, 2.05) is 30.3 Å². The molecule has 1 aliphatic rings. The number of nitrogens with one attached hydrogen (secondary N) is 2. The lowest BCUT2D eigenvalue weighted by Crippen LogP contribution is -2.53. The maximum Gasteiger partial charge on any atom is 0.408 e. The molecule has 0 saturated carbocycles. The zero-order valence-electron chi connectivity index (χ0n) is 20.4. The number of rotatable bonds is 10. The highest BCUT2D eigenvalue weighted by atomic mass is 16.6. The minimum absolute atomic E-state index is 0.00515. The van der Waals surface area contributed by atoms with Crippen LogP contribution in [0.3, 0.4) is 0 Å². The van der Waals surface area contributed by atoms with E-state index in [-0.39, 0.29) is 23.8 Å². The summed E-state index contributed by atoms with van der Waals surface area (Å²) in [4.78, 5) is 43.7. The van der Waals surface area contributed by atoms with Crippen LogP contribution in [-0.4, -0.2) is 66.1 Å². The van der Waals surface area contributed by atoms with Crippen molar-refractivity contribution < 1.29 is 19.1 Å². The van der Waals surface area contributed by atoms with E-state index in [9.17, 15) is 14.4 Å². The molecular weight excluding hydrogens is 436 g/mol. The summed E-state index contributed by atoms with van der Waals surface area (Å²) in [7, 11) is 0. The van der Waals surface area contributed by atoms with Gasteiger partial charge in [0.05, 0.1) is 0 Å². The molecular formula is C24H38N6O4. The molecule has 3 amide bonds. The molecule has 1 saturated heterocycles. The van der Waals surface area contributed by atoms with E-state index in [1.165, 1.54) is 0 Å². The minimum Gasteiger partial charge on any atom is -0.444 e. The van der Waals surface area contributed by atoms with Gasteiger partial charge >= 0.3 is 6.09 Å². The second kappa shape index (κ2) is 12.8. The average molecular weight is 475 g/mol. The van der Waals surface area contributed by atoms with E-state index in [4.69, 9.17) is 16.2 Å². The van der Waals surface area contributed by atoms with E-state index in [2.05, 4.69) is 15.6 Å². The number of ether oxygens (including phenoxy) is 1. The molecule has 0 aromatic heterocycles. The van der Waals surface area contributed by atoms with Gasteiger partial charge in [-0.15, -0.1) is 0 Å². The molecule has 0 radical (unpaired) electrons. The van der Waals surface area contributed by atoms with E-state index >= 15 is 0 Å². The number of hydrogen-bond donors (Lipinski definition) is 4. The number of benzene rings is 1. The minimum atomic E-state index is -0.770. The van der Waals surface area contributed by atoms with Gasteiger partial charge in [0.25, 0.3) is 0 Å². The number of carbonyl (C=O) groups is 3. The number of aliphatic imine (C=N–C) groups is 1. The van der Waals surface area contributed by atoms with Gasteiger partial charge in [-0.2, -0.15) is 0 Å². The first kappa shape index (κ1) is 26.9. The lowest BCUT2D eigenvalue weighted by atomic mass is 10.0. The Labute approximate surface area is 201 Å². The van der Waals surface area contributed by atoms with Crippen LogP contribution in [0.1, 0.15) is 52.0 Å². The van der Waals surface area contributed by atoms with Crippen molar-refractivity contribution in [3.05, 3.63) is 35.9 Å². The quantitative estimate of drug-likeness (QED) is 0.228. The van der Waals surface area contributed by atoms with Crippen LogP contribution in [0.5, 0.6) is 0 Å². The maximum atomic E-state index is 13.5. The van der Waals surface area contributed by atoms with Gasteiger partial charge in [-0.25, -0.2) is 4.79 Å². The molecule has 1 heterocycles. The van der Waals surface area contributed by atoms with Crippen molar-refractivity contribution >= 4 is 23.9 Å². The number of nitrogens with two attached hydrogens (primary N) is 2. The Balaban J connectivity index is 2.00. The normalized spacial score (nSPS) is 16.4. The van der Waals surface area contributed by atoms with Crippen LogP contribution < -0.4 is 22.1 Å². The first-order valence-electron chi connectivity index (χ1n) is 11.7. The van der Waals surface area contributed by atoms with Gasteiger partial charge in [-0.3, -0.25) is 14.6 Å². The van der Waals surface area contributed by atoms with E-state index < -0.39 is 17.7 Å². The van der Waals surface area contributed by atoms with Crippen molar-refractivity contribution in [1.29, 1.82) is 0 Å². The summed E-state index contributed by atoms with van der Waals surface area (Å²) >= 11 is 0. The average Bonchev–Trinajstić information content (AvgIpc) is 3.22. The molecule has 0 spiro atoms. The lowest BCUT2D eigenvalue weighted by Gasteiger charge is -2.30. The van der Waals surface area contributed by atoms with Gasteiger partial charge in [0.1, 0.15) is 11.6 Å². The Kier molecular flexibility index (Phi) is 10.2. The van der Waals surface area contributed by atoms with Crippen LogP contribution in [0.4, 0.5) is 4.79 Å². The molecule has 0 bridgehead atoms. The highest BCUT2D eigenvalue weighted by Crippen LogP contribution is 2.19. The molecule has 0 aliphatic carbocycles. The smallest absolute Gasteiger partial charge is 0.408 e. The number of guanidine groups is 1. The standard InChI is InChI=1S/C24H38N6O4/c1-24(2,3)34-23(33)29-19(15-17-9-5-4-6-10-17)21(32)30-14-8-11-18(30)16-28-20(31)12-7-13-27-22(25)26/h4-6,9-10,18-19H,7-8,11-16H2,1-3H3,(H,28,31)(H,29,33)(H4,25,26,27)/t18-,19+/m0/s1. The first-order chi connectivity index (χ1) is 16.0. The predicted octanol–water partition coefficient (Wildman–Crippen LogP) is 1.28. The van der Waals surface area contributed by atoms with Crippen molar-refractivity contribution in [2.45, 2.75) is 70.6 Å². The fraction of sp³-hybridized carbons (Fsp3) is 0.583. The second-order valence-corrected chi connectivity index (χ2v) is 9.43. The van der Waals surface area contributed by atoms with Crippen LogP contribution >= 0.6 is 0 Å². The molecule has 188 valence electrons. The largest absolute Gasteiger partial charge is 0.444 e. The van der Waals surface area contributed by atoms with Gasteiger partial charge in [0.2, 0.25) is 11.8 Å². The second-order valence-electron chi connectivity index (χ2n) is 9.43. The number of nitrogens with zero attached hydrogens (tertiary/aromatic N) is 2. The van der Waals surface area contributed by atoms with Gasteiger partial charge in [-0.05, 0) is 45.6 Å². The third-order valence-corrected chi connectivity index (χ3v) is 5.32. The van der Waals surface area contributed by atoms with Crippen LogP contribution in [0.15, 0.2) is 35.3 Å². The summed E-state index contributed by atoms with van der Waals surface area (Å²) in [6.07, 6.45) is 2.17. The summed E-state index contributed by atoms with van der Waals surface area (Å²) in [6, 6.07) is 8.62. The van der Waals surface area contributed by atoms with Gasteiger partial charge < -0.3 is 31.7 Å². The number of amides is 3. The number of likely N-dealkylation sites (tertiary alicyclic amines) is 1. The molecule has 1 aromatic carbocycles. The number of hydrogen-bond acceptors (Lipinski definition) is 5. The number of carbonyl (C=O) groups excluding carboxylic acids is 3. The van der Waals surface area contributed by atoms with E-state index in [1.54, 1.807) is 25.7 Å². The van der Waals surface area contributed by atoms with Crippen molar-refractivity contribution in [3.8, 4) is 0 Å². The van der Waals surface area contributed by atoms with Crippen LogP contribution in [0, 0.1) is 0 Å². The summed E-state index contributed by atoms with van der Waals surface area (Å²) < 4.78 is 5.38. The molecule has 1 aliphatic heterocycles. The van der Waals surface area contributed by atoms with Gasteiger partial charge in [-0.1, -0.05) is 30.3 Å². The Hall–Kier alpha value is -3.30.